The molecule has 3 aromatic rings. The summed E-state index contributed by atoms with van der Waals surface area (Å²) in [5.41, 5.74) is 11.9. The molecule has 0 amide bonds. The van der Waals surface area contributed by atoms with Crippen molar-refractivity contribution in [2.75, 3.05) is 5.32 Å². The van der Waals surface area contributed by atoms with E-state index in [-0.39, 0.29) is 24.0 Å². The van der Waals surface area contributed by atoms with Crippen molar-refractivity contribution in [1.29, 1.82) is 0 Å². The zero-order valence-electron chi connectivity index (χ0n) is 14.3. The molecule has 1 aliphatic rings. The van der Waals surface area contributed by atoms with Crippen LogP contribution in [0.25, 0.3) is 11.4 Å². The zero-order chi connectivity index (χ0) is 17.1. The number of nitrogens with zero attached hydrogens (tertiary/aromatic N) is 3. The van der Waals surface area contributed by atoms with Crippen molar-refractivity contribution in [1.82, 2.24) is 15.2 Å². The van der Waals surface area contributed by atoms with E-state index in [4.69, 9.17) is 5.73 Å². The highest BCUT2D eigenvalue weighted by Gasteiger charge is 2.10. The number of rotatable bonds is 4. The fourth-order valence-corrected chi connectivity index (χ4v) is 3.18. The average Bonchev–Trinajstić information content (AvgIpc) is 3.31. The largest absolute Gasteiger partial charge is 0.370 e. The third-order valence-corrected chi connectivity index (χ3v) is 4.42. The maximum Gasteiger partial charge on any atom is 0.193 e. The maximum absolute atomic E-state index is 6.04. The van der Waals surface area contributed by atoms with Gasteiger partial charge in [0, 0.05) is 11.3 Å². The number of aliphatic imine (C=N–C) groups is 1. The Hall–Kier alpha value is -2.42. The number of halogens is 1. The number of fused-ring (bicyclic) bond motifs is 1. The van der Waals surface area contributed by atoms with Crippen LogP contribution in [0.2, 0.25) is 0 Å². The van der Waals surface area contributed by atoms with Gasteiger partial charge in [-0.1, -0.05) is 24.3 Å². The Labute approximate surface area is 169 Å². The van der Waals surface area contributed by atoms with Crippen molar-refractivity contribution in [2.24, 2.45) is 10.7 Å². The van der Waals surface area contributed by atoms with Gasteiger partial charge in [0.2, 0.25) is 0 Å². The molecule has 1 heterocycles. The number of nitrogens with two attached hydrogens (primary N) is 1. The van der Waals surface area contributed by atoms with Crippen molar-refractivity contribution in [3.8, 4) is 11.4 Å². The monoisotopic (exact) mass is 460 g/mol. The molecule has 1 aliphatic carbocycles. The van der Waals surface area contributed by atoms with E-state index in [1.807, 2.05) is 24.3 Å². The highest BCUT2D eigenvalue weighted by Crippen LogP contribution is 2.24. The molecule has 134 valence electrons. The summed E-state index contributed by atoms with van der Waals surface area (Å²) in [5.74, 6) is 1.16. The molecule has 2 aromatic carbocycles. The maximum atomic E-state index is 6.04. The lowest BCUT2D eigenvalue weighted by atomic mass is 10.1. The van der Waals surface area contributed by atoms with Gasteiger partial charge < -0.3 is 11.1 Å². The van der Waals surface area contributed by atoms with E-state index in [0.29, 0.717) is 12.5 Å². The summed E-state index contributed by atoms with van der Waals surface area (Å²) in [6.45, 7) is 0.506. The van der Waals surface area contributed by atoms with Crippen molar-refractivity contribution in [3.63, 3.8) is 0 Å². The van der Waals surface area contributed by atoms with Crippen molar-refractivity contribution in [3.05, 3.63) is 65.5 Å². The summed E-state index contributed by atoms with van der Waals surface area (Å²) in [6, 6.07) is 14.4. The summed E-state index contributed by atoms with van der Waals surface area (Å²) < 4.78 is 0. The van der Waals surface area contributed by atoms with Crippen molar-refractivity contribution >= 4 is 35.6 Å². The summed E-state index contributed by atoms with van der Waals surface area (Å²) in [5, 5.41) is 9.93. The lowest BCUT2D eigenvalue weighted by molar-refractivity contribution is 0.912. The molecule has 0 radical (unpaired) electrons. The van der Waals surface area contributed by atoms with Crippen LogP contribution in [0.1, 0.15) is 23.1 Å². The molecule has 0 bridgehead atoms. The van der Waals surface area contributed by atoms with E-state index in [2.05, 4.69) is 43.7 Å². The number of aromatic amines is 1. The fourth-order valence-electron chi connectivity index (χ4n) is 3.18. The van der Waals surface area contributed by atoms with Crippen LogP contribution in [0, 0.1) is 0 Å². The molecule has 0 spiro atoms. The van der Waals surface area contributed by atoms with Crippen LogP contribution in [0.5, 0.6) is 0 Å². The fraction of sp³-hybridized carbons (Fsp3) is 0.211. The Kier molecular flexibility index (Phi) is 5.87. The lowest BCUT2D eigenvalue weighted by Gasteiger charge is -2.08. The highest BCUT2D eigenvalue weighted by molar-refractivity contribution is 14.0. The van der Waals surface area contributed by atoms with E-state index in [0.717, 1.165) is 29.1 Å². The number of hydrogen-bond donors (Lipinski definition) is 3. The van der Waals surface area contributed by atoms with Gasteiger partial charge in [-0.15, -0.1) is 24.0 Å². The summed E-state index contributed by atoms with van der Waals surface area (Å²) in [6.07, 6.45) is 5.07. The predicted octanol–water partition coefficient (Wildman–Crippen LogP) is 3.51. The minimum Gasteiger partial charge on any atom is -0.370 e. The smallest absolute Gasteiger partial charge is 0.193 e. The van der Waals surface area contributed by atoms with Crippen LogP contribution in [0.3, 0.4) is 0 Å². The number of H-pyrrole nitrogens is 1. The molecule has 0 atom stereocenters. The molecular formula is C19H21IN6. The number of nitrogens with one attached hydrogen (secondary N) is 2. The van der Waals surface area contributed by atoms with Gasteiger partial charge in [-0.2, -0.15) is 5.10 Å². The third kappa shape index (κ3) is 4.21. The predicted molar refractivity (Wildman–Crippen MR) is 115 cm³/mol. The normalized spacial score (nSPS) is 13.2. The second-order valence-electron chi connectivity index (χ2n) is 6.20. The van der Waals surface area contributed by atoms with Crippen LogP contribution < -0.4 is 11.1 Å². The molecule has 0 fully saturated rings. The first-order valence-electron chi connectivity index (χ1n) is 8.41. The summed E-state index contributed by atoms with van der Waals surface area (Å²) in [7, 11) is 0. The van der Waals surface area contributed by atoms with Crippen LogP contribution >= 0.6 is 24.0 Å². The quantitative estimate of drug-likeness (QED) is 0.316. The second kappa shape index (κ2) is 8.31. The molecule has 4 rings (SSSR count). The van der Waals surface area contributed by atoms with E-state index in [1.54, 1.807) is 0 Å². The van der Waals surface area contributed by atoms with Gasteiger partial charge in [0.05, 0.1) is 6.54 Å². The van der Waals surface area contributed by atoms with Gasteiger partial charge in [0.1, 0.15) is 6.33 Å². The van der Waals surface area contributed by atoms with Gasteiger partial charge in [0.15, 0.2) is 11.8 Å². The standard InChI is InChI=1S/C19H20N6.HI/c20-19(24-17-8-7-14-4-2-5-15(14)10-17)21-11-13-3-1-6-16(9-13)18-22-12-23-25-18;/h1,3,6-10,12H,2,4-5,11H2,(H3,20,21,24)(H,22,23,25);1H. The number of aryl methyl sites for hydroxylation is 2. The van der Waals surface area contributed by atoms with Crippen LogP contribution in [-0.4, -0.2) is 21.1 Å². The summed E-state index contributed by atoms with van der Waals surface area (Å²) in [4.78, 5) is 8.61. The summed E-state index contributed by atoms with van der Waals surface area (Å²) >= 11 is 0. The van der Waals surface area contributed by atoms with Crippen molar-refractivity contribution < 1.29 is 0 Å². The number of hydrogen-bond acceptors (Lipinski definition) is 3. The van der Waals surface area contributed by atoms with E-state index >= 15 is 0 Å². The van der Waals surface area contributed by atoms with Crippen molar-refractivity contribution in [2.45, 2.75) is 25.8 Å². The van der Waals surface area contributed by atoms with E-state index < -0.39 is 0 Å². The second-order valence-corrected chi connectivity index (χ2v) is 6.20. The first-order valence-corrected chi connectivity index (χ1v) is 8.41. The SMILES string of the molecule is I.NC(=NCc1cccc(-c2ncn[nH]2)c1)Nc1ccc2c(c1)CCC2. The molecule has 1 aromatic heterocycles. The minimum atomic E-state index is 0. The number of aromatic nitrogens is 3. The lowest BCUT2D eigenvalue weighted by Crippen LogP contribution is -2.22. The zero-order valence-corrected chi connectivity index (χ0v) is 16.6. The van der Waals surface area contributed by atoms with Gasteiger partial charge in [-0.05, 0) is 54.2 Å². The molecule has 0 saturated carbocycles. The topological polar surface area (TPSA) is 92.0 Å². The molecule has 0 aliphatic heterocycles. The molecule has 6 nitrogen and oxygen atoms in total. The molecular weight excluding hydrogens is 439 g/mol. The molecule has 0 unspecified atom stereocenters. The van der Waals surface area contributed by atoms with Gasteiger partial charge in [-0.25, -0.2) is 9.98 Å². The molecule has 7 heteroatoms. The number of anilines is 1. The van der Waals surface area contributed by atoms with Gasteiger partial charge >= 0.3 is 0 Å². The van der Waals surface area contributed by atoms with Crippen LogP contribution in [0.15, 0.2) is 53.8 Å². The third-order valence-electron chi connectivity index (χ3n) is 4.42. The Morgan fingerprint density at radius 3 is 2.88 bits per heavy atom. The first-order chi connectivity index (χ1) is 12.3. The average molecular weight is 460 g/mol. The van der Waals surface area contributed by atoms with Crippen LogP contribution in [0.4, 0.5) is 5.69 Å². The van der Waals surface area contributed by atoms with Gasteiger partial charge in [-0.3, -0.25) is 5.10 Å². The Morgan fingerprint density at radius 2 is 2.04 bits per heavy atom. The Morgan fingerprint density at radius 1 is 1.15 bits per heavy atom. The highest BCUT2D eigenvalue weighted by atomic mass is 127. The van der Waals surface area contributed by atoms with E-state index in [9.17, 15) is 0 Å². The Bertz CT molecular complexity index is 904. The first kappa shape index (κ1) is 18.4. The molecule has 26 heavy (non-hydrogen) atoms. The van der Waals surface area contributed by atoms with E-state index in [1.165, 1.54) is 30.3 Å². The number of guanidine groups is 1. The van der Waals surface area contributed by atoms with Crippen LogP contribution in [-0.2, 0) is 19.4 Å². The Balaban J connectivity index is 0.00000196. The molecule has 4 N–H and O–H groups in total. The molecule has 0 saturated heterocycles. The van der Waals surface area contributed by atoms with Gasteiger partial charge in [0.25, 0.3) is 0 Å². The minimum absolute atomic E-state index is 0. The number of benzene rings is 2.